The molecule has 2 amide bonds. The van der Waals surface area contributed by atoms with Crippen molar-refractivity contribution in [3.8, 4) is 5.75 Å². The maximum Gasteiger partial charge on any atom is 0.257 e. The maximum absolute atomic E-state index is 12.2. The first-order valence-electron chi connectivity index (χ1n) is 10.5. The molecule has 160 valence electrons. The first-order chi connectivity index (χ1) is 15.2. The molecular weight excluding hydrogens is 388 g/mol. The number of amides is 2. The highest BCUT2D eigenvalue weighted by atomic mass is 16.5. The van der Waals surface area contributed by atoms with Crippen molar-refractivity contribution in [3.63, 3.8) is 0 Å². The van der Waals surface area contributed by atoms with Crippen LogP contribution in [0, 0.1) is 0 Å². The summed E-state index contributed by atoms with van der Waals surface area (Å²) in [5, 5.41) is 5.68. The van der Waals surface area contributed by atoms with Gasteiger partial charge in [-0.2, -0.15) is 0 Å². The normalized spacial score (nSPS) is 10.5. The fraction of sp³-hybridized carbons (Fsp3) is 0.231. The van der Waals surface area contributed by atoms with Gasteiger partial charge in [-0.15, -0.1) is 0 Å². The minimum absolute atomic E-state index is 0.0676. The van der Waals surface area contributed by atoms with E-state index < -0.39 is 0 Å². The third-order valence-corrected chi connectivity index (χ3v) is 4.98. The van der Waals surface area contributed by atoms with E-state index in [1.54, 1.807) is 24.3 Å². The van der Waals surface area contributed by atoms with Crippen LogP contribution in [-0.4, -0.2) is 31.5 Å². The van der Waals surface area contributed by atoms with E-state index in [-0.39, 0.29) is 24.3 Å². The Morgan fingerprint density at radius 1 is 0.806 bits per heavy atom. The van der Waals surface area contributed by atoms with E-state index in [9.17, 15) is 9.59 Å². The predicted octanol–water partition coefficient (Wildman–Crippen LogP) is 4.15. The van der Waals surface area contributed by atoms with E-state index in [2.05, 4.69) is 34.9 Å². The molecule has 0 fully saturated rings. The molecular formula is C26H28N2O3. The molecule has 3 aromatic rings. The number of carbonyl (C=O) groups is 2. The second kappa shape index (κ2) is 11.6. The lowest BCUT2D eigenvalue weighted by atomic mass is 9.88. The van der Waals surface area contributed by atoms with Crippen LogP contribution in [0.2, 0.25) is 0 Å². The molecule has 0 saturated carbocycles. The summed E-state index contributed by atoms with van der Waals surface area (Å²) in [5.74, 6) is 0.464. The SMILES string of the molecule is CCNC(=O)c1ccc(OCC(=O)NCCC(c2ccccc2)c2ccccc2)cc1. The number of ether oxygens (including phenoxy) is 1. The average molecular weight is 417 g/mol. The zero-order chi connectivity index (χ0) is 21.9. The Hall–Kier alpha value is -3.60. The van der Waals surface area contributed by atoms with E-state index in [1.807, 2.05) is 43.3 Å². The molecule has 3 rings (SSSR count). The first kappa shape index (κ1) is 22.1. The smallest absolute Gasteiger partial charge is 0.257 e. The summed E-state index contributed by atoms with van der Waals surface area (Å²) in [6.07, 6.45) is 0.793. The number of benzene rings is 3. The number of carbonyl (C=O) groups excluding carboxylic acids is 2. The van der Waals surface area contributed by atoms with Gasteiger partial charge in [0.15, 0.2) is 6.61 Å². The molecule has 0 aliphatic heterocycles. The van der Waals surface area contributed by atoms with Crippen molar-refractivity contribution in [2.24, 2.45) is 0 Å². The topological polar surface area (TPSA) is 67.4 Å². The van der Waals surface area contributed by atoms with Crippen molar-refractivity contribution in [1.29, 1.82) is 0 Å². The molecule has 0 aromatic heterocycles. The number of hydrogen-bond donors (Lipinski definition) is 2. The first-order valence-corrected chi connectivity index (χ1v) is 10.5. The lowest BCUT2D eigenvalue weighted by Gasteiger charge is -2.18. The highest BCUT2D eigenvalue weighted by Gasteiger charge is 2.14. The van der Waals surface area contributed by atoms with E-state index in [1.165, 1.54) is 11.1 Å². The van der Waals surface area contributed by atoms with Crippen LogP contribution in [0.4, 0.5) is 0 Å². The number of rotatable bonds is 10. The van der Waals surface area contributed by atoms with Gasteiger partial charge in [0.05, 0.1) is 0 Å². The molecule has 0 bridgehead atoms. The third kappa shape index (κ3) is 6.71. The predicted molar refractivity (Wildman–Crippen MR) is 122 cm³/mol. The summed E-state index contributed by atoms with van der Waals surface area (Å²) in [6, 6.07) is 27.4. The minimum atomic E-state index is -0.173. The molecule has 3 aromatic carbocycles. The lowest BCUT2D eigenvalue weighted by Crippen LogP contribution is -2.30. The van der Waals surface area contributed by atoms with Crippen LogP contribution in [0.5, 0.6) is 5.75 Å². The van der Waals surface area contributed by atoms with Crippen LogP contribution in [0.25, 0.3) is 0 Å². The second-order valence-electron chi connectivity index (χ2n) is 7.19. The zero-order valence-electron chi connectivity index (χ0n) is 17.7. The molecule has 0 aliphatic rings. The van der Waals surface area contributed by atoms with E-state index in [0.717, 1.165) is 6.42 Å². The quantitative estimate of drug-likeness (QED) is 0.522. The van der Waals surface area contributed by atoms with Gasteiger partial charge in [-0.25, -0.2) is 0 Å². The van der Waals surface area contributed by atoms with Crippen LogP contribution in [0.3, 0.4) is 0 Å². The van der Waals surface area contributed by atoms with Gasteiger partial charge in [-0.05, 0) is 48.7 Å². The molecule has 0 saturated heterocycles. The van der Waals surface area contributed by atoms with Crippen molar-refractivity contribution in [2.45, 2.75) is 19.3 Å². The average Bonchev–Trinajstić information content (AvgIpc) is 2.82. The van der Waals surface area contributed by atoms with Crippen LogP contribution in [0.1, 0.15) is 40.7 Å². The van der Waals surface area contributed by atoms with E-state index in [0.29, 0.717) is 24.4 Å². The van der Waals surface area contributed by atoms with Crippen molar-refractivity contribution in [2.75, 3.05) is 19.7 Å². The van der Waals surface area contributed by atoms with Gasteiger partial charge in [-0.1, -0.05) is 60.7 Å². The van der Waals surface area contributed by atoms with Crippen LogP contribution in [0.15, 0.2) is 84.9 Å². The Morgan fingerprint density at radius 3 is 1.94 bits per heavy atom. The monoisotopic (exact) mass is 416 g/mol. The number of nitrogens with one attached hydrogen (secondary N) is 2. The highest BCUT2D eigenvalue weighted by molar-refractivity contribution is 5.94. The van der Waals surface area contributed by atoms with Gasteiger partial charge >= 0.3 is 0 Å². The highest BCUT2D eigenvalue weighted by Crippen LogP contribution is 2.27. The van der Waals surface area contributed by atoms with Gasteiger partial charge in [0.2, 0.25) is 0 Å². The van der Waals surface area contributed by atoms with Crippen LogP contribution < -0.4 is 15.4 Å². The standard InChI is InChI=1S/C26H28N2O3/c1-2-27-26(30)22-13-15-23(16-14-22)31-19-25(29)28-18-17-24(20-9-5-3-6-10-20)21-11-7-4-8-12-21/h3-16,24H,2,17-19H2,1H3,(H,27,30)(H,28,29). The summed E-state index contributed by atoms with van der Waals surface area (Å²) < 4.78 is 5.55. The molecule has 0 spiro atoms. The summed E-state index contributed by atoms with van der Waals surface area (Å²) in [7, 11) is 0. The zero-order valence-corrected chi connectivity index (χ0v) is 17.7. The van der Waals surface area contributed by atoms with Gasteiger partial charge < -0.3 is 15.4 Å². The molecule has 0 radical (unpaired) electrons. The fourth-order valence-electron chi connectivity index (χ4n) is 3.42. The molecule has 2 N–H and O–H groups in total. The molecule has 0 aliphatic carbocycles. The summed E-state index contributed by atoms with van der Waals surface area (Å²) in [5.41, 5.74) is 3.02. The Balaban J connectivity index is 1.49. The Bertz CT molecular complexity index is 917. The van der Waals surface area contributed by atoms with E-state index >= 15 is 0 Å². The Kier molecular flexibility index (Phi) is 8.23. The molecule has 0 atom stereocenters. The largest absolute Gasteiger partial charge is 0.484 e. The molecule has 5 heteroatoms. The Labute approximate surface area is 183 Å². The molecule has 31 heavy (non-hydrogen) atoms. The Morgan fingerprint density at radius 2 is 1.39 bits per heavy atom. The van der Waals surface area contributed by atoms with Crippen molar-refractivity contribution in [3.05, 3.63) is 102 Å². The van der Waals surface area contributed by atoms with Crippen molar-refractivity contribution in [1.82, 2.24) is 10.6 Å². The van der Waals surface area contributed by atoms with Gasteiger partial charge in [0.25, 0.3) is 11.8 Å². The molecule has 0 heterocycles. The minimum Gasteiger partial charge on any atom is -0.484 e. The summed E-state index contributed by atoms with van der Waals surface area (Å²) >= 11 is 0. The van der Waals surface area contributed by atoms with Crippen molar-refractivity contribution < 1.29 is 14.3 Å². The summed E-state index contributed by atoms with van der Waals surface area (Å²) in [4.78, 5) is 24.0. The van der Waals surface area contributed by atoms with E-state index in [4.69, 9.17) is 4.74 Å². The third-order valence-electron chi connectivity index (χ3n) is 4.98. The van der Waals surface area contributed by atoms with Gasteiger partial charge in [0.1, 0.15) is 5.75 Å². The van der Waals surface area contributed by atoms with Crippen LogP contribution >= 0.6 is 0 Å². The molecule has 0 unspecified atom stereocenters. The number of hydrogen-bond acceptors (Lipinski definition) is 3. The van der Waals surface area contributed by atoms with Gasteiger partial charge in [0, 0.05) is 24.6 Å². The van der Waals surface area contributed by atoms with Gasteiger partial charge in [-0.3, -0.25) is 9.59 Å². The fourth-order valence-corrected chi connectivity index (χ4v) is 3.42. The second-order valence-corrected chi connectivity index (χ2v) is 7.19. The summed E-state index contributed by atoms with van der Waals surface area (Å²) in [6.45, 7) is 2.93. The van der Waals surface area contributed by atoms with Crippen molar-refractivity contribution >= 4 is 11.8 Å². The van der Waals surface area contributed by atoms with Crippen LogP contribution in [-0.2, 0) is 4.79 Å². The molecule has 5 nitrogen and oxygen atoms in total. The maximum atomic E-state index is 12.2. The lowest BCUT2D eigenvalue weighted by molar-refractivity contribution is -0.123.